The number of hydrogen-bond donors (Lipinski definition) is 1. The van der Waals surface area contributed by atoms with Crippen LogP contribution in [0.5, 0.6) is 0 Å². The molecule has 2 bridgehead atoms. The molecule has 0 saturated carbocycles. The Hall–Kier alpha value is -2.14. The minimum absolute atomic E-state index is 0.116. The molecule has 5 heterocycles. The molecule has 0 radical (unpaired) electrons. The highest BCUT2D eigenvalue weighted by Gasteiger charge is 2.55. The lowest BCUT2D eigenvalue weighted by Crippen LogP contribution is -2.60. The number of benzene rings is 1. The molecule has 6 rings (SSSR count). The summed E-state index contributed by atoms with van der Waals surface area (Å²) in [6.45, 7) is 7.28. The van der Waals surface area contributed by atoms with Gasteiger partial charge in [-0.05, 0) is 50.8 Å². The molecule has 3 atom stereocenters. The van der Waals surface area contributed by atoms with E-state index in [-0.39, 0.29) is 5.91 Å². The molecule has 4 fully saturated rings. The molecular weight excluding hydrogens is 336 g/mol. The number of piperidine rings is 3. The molecule has 2 aromatic rings. The Labute approximate surface area is 160 Å². The van der Waals surface area contributed by atoms with Gasteiger partial charge in [0, 0.05) is 29.8 Å². The highest BCUT2D eigenvalue weighted by Crippen LogP contribution is 2.46. The van der Waals surface area contributed by atoms with Crippen LogP contribution >= 0.6 is 0 Å². The maximum atomic E-state index is 13.5. The van der Waals surface area contributed by atoms with Gasteiger partial charge in [0.2, 0.25) is 0 Å². The number of rotatable bonds is 3. The number of nitrogens with one attached hydrogen (secondary N) is 1. The van der Waals surface area contributed by atoms with Crippen LogP contribution in [0, 0.1) is 12.8 Å². The van der Waals surface area contributed by atoms with E-state index in [9.17, 15) is 4.79 Å². The standard InChI is InChI=1S/C22H28N4O/c1-3-18-14(2)19(24-23-18)22(27)26-13-17(15-7-5-4-6-8-15)21-20(26)16-9-11-25(21)12-10-16/h4-8,16-17,20-21H,3,9-13H2,1-2H3,(H,23,24)/t17-,20-,21-/m1/s1. The first-order valence-corrected chi connectivity index (χ1v) is 10.3. The summed E-state index contributed by atoms with van der Waals surface area (Å²) < 4.78 is 0. The second-order valence-electron chi connectivity index (χ2n) is 8.36. The van der Waals surface area contributed by atoms with Gasteiger partial charge < -0.3 is 4.90 Å². The molecule has 1 aromatic heterocycles. The molecule has 5 heteroatoms. The van der Waals surface area contributed by atoms with Crippen LogP contribution in [-0.4, -0.2) is 57.6 Å². The first-order chi connectivity index (χ1) is 13.2. The number of H-pyrrole nitrogens is 1. The lowest BCUT2D eigenvalue weighted by molar-refractivity contribution is -0.00360. The lowest BCUT2D eigenvalue weighted by Gasteiger charge is -2.51. The Balaban J connectivity index is 1.52. The average molecular weight is 364 g/mol. The summed E-state index contributed by atoms with van der Waals surface area (Å²) in [4.78, 5) is 18.3. The average Bonchev–Trinajstić information content (AvgIpc) is 3.31. The van der Waals surface area contributed by atoms with Crippen molar-refractivity contribution in [3.05, 3.63) is 52.8 Å². The van der Waals surface area contributed by atoms with Crippen LogP contribution in [0.3, 0.4) is 0 Å². The summed E-state index contributed by atoms with van der Waals surface area (Å²) in [5, 5.41) is 7.47. The summed E-state index contributed by atoms with van der Waals surface area (Å²) in [6.07, 6.45) is 3.31. The second-order valence-corrected chi connectivity index (χ2v) is 8.36. The molecule has 27 heavy (non-hydrogen) atoms. The zero-order valence-corrected chi connectivity index (χ0v) is 16.2. The predicted octanol–water partition coefficient (Wildman–Crippen LogP) is 2.98. The van der Waals surface area contributed by atoms with Crippen molar-refractivity contribution in [2.45, 2.75) is 51.1 Å². The van der Waals surface area contributed by atoms with Gasteiger partial charge in [0.05, 0.1) is 6.04 Å². The van der Waals surface area contributed by atoms with Crippen LogP contribution in [-0.2, 0) is 6.42 Å². The fourth-order valence-corrected chi connectivity index (χ4v) is 5.77. The monoisotopic (exact) mass is 364 g/mol. The van der Waals surface area contributed by atoms with Gasteiger partial charge >= 0.3 is 0 Å². The van der Waals surface area contributed by atoms with Gasteiger partial charge in [-0.25, -0.2) is 0 Å². The van der Waals surface area contributed by atoms with Gasteiger partial charge in [0.25, 0.3) is 5.91 Å². The molecule has 5 nitrogen and oxygen atoms in total. The summed E-state index contributed by atoms with van der Waals surface area (Å²) in [5.41, 5.74) is 4.07. The van der Waals surface area contributed by atoms with E-state index in [1.165, 1.54) is 31.5 Å². The predicted molar refractivity (Wildman–Crippen MR) is 105 cm³/mol. The van der Waals surface area contributed by atoms with Gasteiger partial charge in [-0.3, -0.25) is 14.8 Å². The van der Waals surface area contributed by atoms with Crippen molar-refractivity contribution < 1.29 is 4.79 Å². The molecule has 0 aliphatic carbocycles. The Morgan fingerprint density at radius 3 is 2.59 bits per heavy atom. The van der Waals surface area contributed by atoms with Crippen molar-refractivity contribution in [1.82, 2.24) is 20.0 Å². The molecule has 4 aliphatic rings. The van der Waals surface area contributed by atoms with Crippen molar-refractivity contribution in [2.24, 2.45) is 5.92 Å². The van der Waals surface area contributed by atoms with Crippen LogP contribution in [0.15, 0.2) is 30.3 Å². The number of carbonyl (C=O) groups is 1. The maximum absolute atomic E-state index is 13.5. The highest BCUT2D eigenvalue weighted by atomic mass is 16.2. The van der Waals surface area contributed by atoms with E-state index >= 15 is 0 Å². The van der Waals surface area contributed by atoms with Crippen LogP contribution in [0.1, 0.15) is 53.0 Å². The van der Waals surface area contributed by atoms with Gasteiger partial charge in [0.15, 0.2) is 5.69 Å². The van der Waals surface area contributed by atoms with Crippen LogP contribution < -0.4 is 0 Å². The first kappa shape index (κ1) is 17.0. The molecule has 4 aliphatic heterocycles. The number of carbonyl (C=O) groups excluding carboxylic acids is 1. The number of hydrogen-bond acceptors (Lipinski definition) is 3. The Kier molecular flexibility index (Phi) is 4.08. The minimum atomic E-state index is 0.116. The summed E-state index contributed by atoms with van der Waals surface area (Å²) in [5.74, 6) is 1.14. The molecule has 1 amide bonds. The Bertz CT molecular complexity index is 837. The van der Waals surface area contributed by atoms with Gasteiger partial charge in [-0.15, -0.1) is 0 Å². The molecule has 0 unspecified atom stereocenters. The van der Waals surface area contributed by atoms with Crippen LogP contribution in [0.25, 0.3) is 0 Å². The van der Waals surface area contributed by atoms with Crippen molar-refractivity contribution in [3.8, 4) is 0 Å². The first-order valence-electron chi connectivity index (χ1n) is 10.3. The number of fused-ring (bicyclic) bond motifs is 2. The third-order valence-electron chi connectivity index (χ3n) is 7.15. The second kappa shape index (κ2) is 6.48. The quantitative estimate of drug-likeness (QED) is 0.911. The highest BCUT2D eigenvalue weighted by molar-refractivity contribution is 5.94. The van der Waals surface area contributed by atoms with E-state index in [0.717, 1.165) is 24.2 Å². The molecule has 0 spiro atoms. The summed E-state index contributed by atoms with van der Waals surface area (Å²) in [7, 11) is 0. The number of aryl methyl sites for hydroxylation is 1. The van der Waals surface area contributed by atoms with E-state index in [4.69, 9.17) is 0 Å². The molecule has 142 valence electrons. The zero-order chi connectivity index (χ0) is 18.5. The Morgan fingerprint density at radius 1 is 1.19 bits per heavy atom. The minimum Gasteiger partial charge on any atom is -0.332 e. The fraction of sp³-hybridized carbons (Fsp3) is 0.545. The summed E-state index contributed by atoms with van der Waals surface area (Å²) in [6, 6.07) is 11.6. The van der Waals surface area contributed by atoms with Crippen molar-refractivity contribution in [2.75, 3.05) is 19.6 Å². The number of amides is 1. The van der Waals surface area contributed by atoms with E-state index in [1.807, 2.05) is 6.92 Å². The van der Waals surface area contributed by atoms with Crippen molar-refractivity contribution in [3.63, 3.8) is 0 Å². The summed E-state index contributed by atoms with van der Waals surface area (Å²) >= 11 is 0. The number of aromatic nitrogens is 2. The lowest BCUT2D eigenvalue weighted by atomic mass is 9.75. The molecular formula is C22H28N4O. The number of nitrogens with zero attached hydrogens (tertiary/aromatic N) is 3. The van der Waals surface area contributed by atoms with Crippen molar-refractivity contribution in [1.29, 1.82) is 0 Å². The molecule has 4 saturated heterocycles. The number of likely N-dealkylation sites (tertiary alicyclic amines) is 1. The normalized spacial score (nSPS) is 31.9. The van der Waals surface area contributed by atoms with E-state index in [0.29, 0.717) is 29.6 Å². The SMILES string of the molecule is CCc1[nH]nc(C(=O)N2C[C@H](c3ccccc3)[C@@H]3[C@H]2C2CCN3CC2)c1C. The number of aromatic amines is 1. The zero-order valence-electron chi connectivity index (χ0n) is 16.2. The van der Waals surface area contributed by atoms with E-state index in [2.05, 4.69) is 57.3 Å². The van der Waals surface area contributed by atoms with Crippen LogP contribution in [0.4, 0.5) is 0 Å². The van der Waals surface area contributed by atoms with Gasteiger partial charge in [-0.2, -0.15) is 5.10 Å². The smallest absolute Gasteiger partial charge is 0.274 e. The van der Waals surface area contributed by atoms with Crippen LogP contribution in [0.2, 0.25) is 0 Å². The molecule has 1 N–H and O–H groups in total. The third kappa shape index (κ3) is 2.55. The third-order valence-corrected chi connectivity index (χ3v) is 7.15. The largest absolute Gasteiger partial charge is 0.332 e. The fourth-order valence-electron chi connectivity index (χ4n) is 5.77. The topological polar surface area (TPSA) is 52.2 Å². The maximum Gasteiger partial charge on any atom is 0.274 e. The van der Waals surface area contributed by atoms with E-state index < -0.39 is 0 Å². The van der Waals surface area contributed by atoms with Gasteiger partial charge in [-0.1, -0.05) is 37.3 Å². The Morgan fingerprint density at radius 2 is 1.93 bits per heavy atom. The van der Waals surface area contributed by atoms with E-state index in [1.54, 1.807) is 0 Å². The van der Waals surface area contributed by atoms with Crippen molar-refractivity contribution >= 4 is 5.91 Å². The molecule has 1 aromatic carbocycles. The van der Waals surface area contributed by atoms with Gasteiger partial charge in [0.1, 0.15) is 0 Å².